The van der Waals surface area contributed by atoms with Crippen LogP contribution in [0.15, 0.2) is 0 Å². The molecule has 20 heavy (non-hydrogen) atoms. The van der Waals surface area contributed by atoms with E-state index in [1.807, 2.05) is 0 Å². The van der Waals surface area contributed by atoms with Crippen LogP contribution in [-0.2, 0) is 0 Å². The van der Waals surface area contributed by atoms with Crippen LogP contribution < -0.4 is 0 Å². The molecule has 0 heterocycles. The average molecular weight is 305 g/mol. The zero-order chi connectivity index (χ0) is 15.1. The molecule has 0 amide bonds. The van der Waals surface area contributed by atoms with E-state index in [2.05, 4.69) is 13.8 Å². The number of aliphatic hydroxyl groups is 1. The lowest BCUT2D eigenvalue weighted by Gasteiger charge is -2.27. The molecule has 0 bridgehead atoms. The Morgan fingerprint density at radius 2 is 1.05 bits per heavy atom. The minimum atomic E-state index is -0.370. The third kappa shape index (κ3) is 12.0. The largest absolute Gasteiger partial charge is 0.390 e. The van der Waals surface area contributed by atoms with Crippen LogP contribution in [0, 0.1) is 0 Å². The van der Waals surface area contributed by atoms with Crippen molar-refractivity contribution in [2.45, 2.75) is 109 Å². The first kappa shape index (κ1) is 20.2. The number of hydrogen-bond acceptors (Lipinski definition) is 1. The maximum absolute atomic E-state index is 10.5. The first-order valence-electron chi connectivity index (χ1n) is 8.97. The van der Waals surface area contributed by atoms with Crippen LogP contribution in [0.1, 0.15) is 104 Å². The summed E-state index contributed by atoms with van der Waals surface area (Å²) in [5.41, 5.74) is -0.370. The first-order valence-corrected chi connectivity index (χ1v) is 9.50. The molecule has 0 aromatic heterocycles. The standard InChI is InChI=1S/C18H37ClO/c1-3-14-18(20,15-4-2)16-12-10-8-6-5-7-9-11-13-17-19/h20H,3-17H2,1-2H3. The molecule has 0 aliphatic rings. The van der Waals surface area contributed by atoms with Gasteiger partial charge in [0, 0.05) is 5.88 Å². The fourth-order valence-corrected chi connectivity index (χ4v) is 3.28. The zero-order valence-electron chi connectivity index (χ0n) is 13.9. The molecule has 0 aromatic rings. The number of rotatable bonds is 15. The van der Waals surface area contributed by atoms with Gasteiger partial charge in [0.1, 0.15) is 0 Å². The summed E-state index contributed by atoms with van der Waals surface area (Å²) >= 11 is 5.66. The van der Waals surface area contributed by atoms with Crippen LogP contribution in [0.4, 0.5) is 0 Å². The predicted octanol–water partition coefficient (Wildman–Crippen LogP) is 6.46. The molecule has 0 radical (unpaired) electrons. The quantitative estimate of drug-likeness (QED) is 0.272. The van der Waals surface area contributed by atoms with E-state index in [0.29, 0.717) is 0 Å². The van der Waals surface area contributed by atoms with Crippen molar-refractivity contribution in [1.82, 2.24) is 0 Å². The minimum Gasteiger partial charge on any atom is -0.390 e. The van der Waals surface area contributed by atoms with Crippen LogP contribution >= 0.6 is 11.6 Å². The van der Waals surface area contributed by atoms with Crippen molar-refractivity contribution in [3.8, 4) is 0 Å². The van der Waals surface area contributed by atoms with Gasteiger partial charge < -0.3 is 5.11 Å². The van der Waals surface area contributed by atoms with Crippen LogP contribution in [0.5, 0.6) is 0 Å². The number of hydrogen-bond donors (Lipinski definition) is 1. The van der Waals surface area contributed by atoms with E-state index in [9.17, 15) is 5.11 Å². The summed E-state index contributed by atoms with van der Waals surface area (Å²) in [6.07, 6.45) is 16.9. The second-order valence-corrected chi connectivity index (χ2v) is 6.72. The summed E-state index contributed by atoms with van der Waals surface area (Å²) in [7, 11) is 0. The Hall–Kier alpha value is 0.250. The lowest BCUT2D eigenvalue weighted by atomic mass is 9.87. The van der Waals surface area contributed by atoms with Crippen molar-refractivity contribution >= 4 is 11.6 Å². The minimum absolute atomic E-state index is 0.370. The van der Waals surface area contributed by atoms with Crippen molar-refractivity contribution in [2.24, 2.45) is 0 Å². The number of halogens is 1. The molecule has 0 saturated carbocycles. The van der Waals surface area contributed by atoms with E-state index in [1.54, 1.807) is 0 Å². The summed E-state index contributed by atoms with van der Waals surface area (Å²) in [6.45, 7) is 4.34. The summed E-state index contributed by atoms with van der Waals surface area (Å²) in [6, 6.07) is 0. The van der Waals surface area contributed by atoms with Crippen LogP contribution in [0.2, 0.25) is 0 Å². The van der Waals surface area contributed by atoms with Gasteiger partial charge in [0.05, 0.1) is 5.60 Å². The van der Waals surface area contributed by atoms with Gasteiger partial charge in [-0.3, -0.25) is 0 Å². The predicted molar refractivity (Wildman–Crippen MR) is 91.7 cm³/mol. The Morgan fingerprint density at radius 1 is 0.650 bits per heavy atom. The molecule has 1 N–H and O–H groups in total. The average Bonchev–Trinajstić information content (AvgIpc) is 2.41. The van der Waals surface area contributed by atoms with Crippen LogP contribution in [0.3, 0.4) is 0 Å². The summed E-state index contributed by atoms with van der Waals surface area (Å²) in [5.74, 6) is 0.818. The number of unbranched alkanes of at least 4 members (excludes halogenated alkanes) is 8. The first-order chi connectivity index (χ1) is 9.68. The zero-order valence-corrected chi connectivity index (χ0v) is 14.7. The highest BCUT2D eigenvalue weighted by Crippen LogP contribution is 2.26. The van der Waals surface area contributed by atoms with Gasteiger partial charge in [-0.05, 0) is 25.7 Å². The van der Waals surface area contributed by atoms with Crippen molar-refractivity contribution in [2.75, 3.05) is 5.88 Å². The molecule has 122 valence electrons. The Balaban J connectivity index is 3.41. The summed E-state index contributed by atoms with van der Waals surface area (Å²) in [4.78, 5) is 0. The van der Waals surface area contributed by atoms with Gasteiger partial charge in [-0.2, -0.15) is 0 Å². The molecular weight excluding hydrogens is 268 g/mol. The lowest BCUT2D eigenvalue weighted by molar-refractivity contribution is 0.0105. The van der Waals surface area contributed by atoms with Crippen molar-refractivity contribution in [3.05, 3.63) is 0 Å². The van der Waals surface area contributed by atoms with Gasteiger partial charge in [-0.1, -0.05) is 78.1 Å². The fraction of sp³-hybridized carbons (Fsp3) is 1.00. The summed E-state index contributed by atoms with van der Waals surface area (Å²) < 4.78 is 0. The molecule has 0 aliphatic heterocycles. The SMILES string of the molecule is CCCC(O)(CCC)CCCCCCCCCCCCl. The molecule has 0 aliphatic carbocycles. The van der Waals surface area contributed by atoms with E-state index in [0.717, 1.165) is 38.0 Å². The van der Waals surface area contributed by atoms with Gasteiger partial charge in [0.2, 0.25) is 0 Å². The third-order valence-corrected chi connectivity index (χ3v) is 4.47. The molecule has 0 unspecified atom stereocenters. The van der Waals surface area contributed by atoms with Gasteiger partial charge in [0.25, 0.3) is 0 Å². The Kier molecular flexibility index (Phi) is 14.4. The van der Waals surface area contributed by atoms with Gasteiger partial charge in [-0.25, -0.2) is 0 Å². The molecular formula is C18H37ClO. The van der Waals surface area contributed by atoms with E-state index in [1.165, 1.54) is 57.8 Å². The highest BCUT2D eigenvalue weighted by atomic mass is 35.5. The van der Waals surface area contributed by atoms with Gasteiger partial charge in [0.15, 0.2) is 0 Å². The van der Waals surface area contributed by atoms with Crippen molar-refractivity contribution in [3.63, 3.8) is 0 Å². The van der Waals surface area contributed by atoms with Gasteiger partial charge in [-0.15, -0.1) is 11.6 Å². The van der Waals surface area contributed by atoms with Crippen LogP contribution in [0.25, 0.3) is 0 Å². The Labute approximate surface area is 132 Å². The molecule has 0 atom stereocenters. The Bertz CT molecular complexity index is 188. The molecule has 0 rings (SSSR count). The van der Waals surface area contributed by atoms with Crippen molar-refractivity contribution < 1.29 is 5.11 Å². The van der Waals surface area contributed by atoms with Gasteiger partial charge >= 0.3 is 0 Å². The molecule has 0 spiro atoms. The van der Waals surface area contributed by atoms with E-state index in [-0.39, 0.29) is 5.60 Å². The monoisotopic (exact) mass is 304 g/mol. The second kappa shape index (κ2) is 14.2. The van der Waals surface area contributed by atoms with E-state index in [4.69, 9.17) is 11.6 Å². The topological polar surface area (TPSA) is 20.2 Å². The molecule has 2 heteroatoms. The second-order valence-electron chi connectivity index (χ2n) is 6.35. The maximum Gasteiger partial charge on any atom is 0.0647 e. The van der Waals surface area contributed by atoms with Crippen molar-refractivity contribution in [1.29, 1.82) is 0 Å². The molecule has 0 fully saturated rings. The maximum atomic E-state index is 10.5. The third-order valence-electron chi connectivity index (χ3n) is 4.21. The molecule has 0 saturated heterocycles. The smallest absolute Gasteiger partial charge is 0.0647 e. The Morgan fingerprint density at radius 3 is 1.45 bits per heavy atom. The molecule has 1 nitrogen and oxygen atoms in total. The fourth-order valence-electron chi connectivity index (χ4n) is 3.09. The molecule has 0 aromatic carbocycles. The normalized spacial score (nSPS) is 12.0. The van der Waals surface area contributed by atoms with E-state index >= 15 is 0 Å². The number of alkyl halides is 1. The highest BCUT2D eigenvalue weighted by molar-refractivity contribution is 6.17. The van der Waals surface area contributed by atoms with E-state index < -0.39 is 0 Å². The summed E-state index contributed by atoms with van der Waals surface area (Å²) in [5, 5.41) is 10.5. The lowest BCUT2D eigenvalue weighted by Crippen LogP contribution is -2.28. The highest BCUT2D eigenvalue weighted by Gasteiger charge is 2.23. The van der Waals surface area contributed by atoms with Crippen LogP contribution in [-0.4, -0.2) is 16.6 Å².